The molecule has 0 heterocycles. The molecule has 1 aliphatic carbocycles. The van der Waals surface area contributed by atoms with Gasteiger partial charge in [0.1, 0.15) is 15.3 Å². The van der Waals surface area contributed by atoms with Crippen LogP contribution in [0.1, 0.15) is 31.1 Å². The van der Waals surface area contributed by atoms with Gasteiger partial charge in [-0.1, -0.05) is 62.2 Å². The van der Waals surface area contributed by atoms with Crippen molar-refractivity contribution in [2.45, 2.75) is 31.0 Å². The van der Waals surface area contributed by atoms with Crippen molar-refractivity contribution in [2.24, 2.45) is 10.4 Å². The highest BCUT2D eigenvalue weighted by Crippen LogP contribution is 2.49. The molecular formula is C17H15Cl4NO2. The first-order valence-corrected chi connectivity index (χ1v) is 8.70. The van der Waals surface area contributed by atoms with Gasteiger partial charge in [0.25, 0.3) is 5.91 Å². The van der Waals surface area contributed by atoms with Crippen molar-refractivity contribution < 1.29 is 9.59 Å². The minimum Gasteiger partial charge on any atom is -0.291 e. The van der Waals surface area contributed by atoms with Crippen LogP contribution < -0.4 is 0 Å². The molecule has 24 heavy (non-hydrogen) atoms. The van der Waals surface area contributed by atoms with E-state index in [4.69, 9.17) is 46.4 Å². The average molecular weight is 407 g/mol. The number of hydrogen-bond acceptors (Lipinski definition) is 2. The van der Waals surface area contributed by atoms with Crippen LogP contribution in [0.4, 0.5) is 0 Å². The minimum absolute atomic E-state index is 0.00158. The van der Waals surface area contributed by atoms with Gasteiger partial charge in [0.15, 0.2) is 5.78 Å². The molecule has 0 aromatic heterocycles. The second-order valence-electron chi connectivity index (χ2n) is 6.45. The molecule has 0 saturated heterocycles. The Morgan fingerprint density at radius 3 is 2.17 bits per heavy atom. The van der Waals surface area contributed by atoms with Gasteiger partial charge in [0.2, 0.25) is 0 Å². The summed E-state index contributed by atoms with van der Waals surface area (Å²) < 4.78 is 0. The summed E-state index contributed by atoms with van der Waals surface area (Å²) in [5.74, 6) is -1.12. The van der Waals surface area contributed by atoms with E-state index in [1.165, 1.54) is 0 Å². The summed E-state index contributed by atoms with van der Waals surface area (Å²) in [5.41, 5.74) is -0.379. The largest absolute Gasteiger partial charge is 0.291 e. The Morgan fingerprint density at radius 2 is 1.67 bits per heavy atom. The quantitative estimate of drug-likeness (QED) is 0.603. The topological polar surface area (TPSA) is 46.5 Å². The lowest BCUT2D eigenvalue weighted by Crippen LogP contribution is -2.57. The molecule has 3 nitrogen and oxygen atoms in total. The molecule has 0 unspecified atom stereocenters. The summed E-state index contributed by atoms with van der Waals surface area (Å²) in [4.78, 5) is 27.4. The first kappa shape index (κ1) is 19.5. The molecule has 0 bridgehead atoms. The van der Waals surface area contributed by atoms with E-state index in [1.54, 1.807) is 51.1 Å². The van der Waals surface area contributed by atoms with Gasteiger partial charge >= 0.3 is 0 Å². The number of rotatable bonds is 1. The Balaban J connectivity index is 2.59. The van der Waals surface area contributed by atoms with Gasteiger partial charge < -0.3 is 0 Å². The van der Waals surface area contributed by atoms with Crippen LogP contribution in [0, 0.1) is 5.41 Å². The molecule has 1 aromatic rings. The van der Waals surface area contributed by atoms with Crippen molar-refractivity contribution in [3.63, 3.8) is 0 Å². The minimum atomic E-state index is -1.57. The normalized spacial score (nSPS) is 26.9. The number of Topliss-reactive ketones (excluding diaryl/α,β-unsaturated/α-hetero) is 1. The van der Waals surface area contributed by atoms with Crippen LogP contribution in [0.2, 0.25) is 0 Å². The number of aliphatic imine (C=N–C) groups is 1. The summed E-state index contributed by atoms with van der Waals surface area (Å²) in [7, 11) is 0. The molecule has 1 aromatic carbocycles. The van der Waals surface area contributed by atoms with E-state index >= 15 is 0 Å². The van der Waals surface area contributed by atoms with Crippen molar-refractivity contribution in [1.29, 1.82) is 0 Å². The third-order valence-corrected chi connectivity index (χ3v) is 6.31. The third-order valence-electron chi connectivity index (χ3n) is 3.87. The molecule has 1 aliphatic rings. The lowest BCUT2D eigenvalue weighted by atomic mass is 9.71. The maximum Gasteiger partial charge on any atom is 0.277 e. The number of allylic oxidation sites excluding steroid dienone is 2. The Hall–Kier alpha value is -0.870. The Kier molecular flexibility index (Phi) is 5.51. The van der Waals surface area contributed by atoms with Gasteiger partial charge in [0, 0.05) is 5.56 Å². The molecule has 0 N–H and O–H groups in total. The smallest absolute Gasteiger partial charge is 0.277 e. The van der Waals surface area contributed by atoms with Gasteiger partial charge in [-0.05, 0) is 17.5 Å². The maximum absolute atomic E-state index is 12.6. The zero-order valence-electron chi connectivity index (χ0n) is 13.2. The lowest BCUT2D eigenvalue weighted by molar-refractivity contribution is -0.119. The fourth-order valence-electron chi connectivity index (χ4n) is 2.37. The number of ketones is 1. The van der Waals surface area contributed by atoms with Gasteiger partial charge in [-0.3, -0.25) is 9.59 Å². The van der Waals surface area contributed by atoms with Gasteiger partial charge in [-0.25, -0.2) is 4.99 Å². The second-order valence-corrected chi connectivity index (χ2v) is 8.24. The van der Waals surface area contributed by atoms with Gasteiger partial charge in [-0.2, -0.15) is 0 Å². The number of carbonyl (C=O) groups is 2. The van der Waals surface area contributed by atoms with Crippen molar-refractivity contribution in [3.05, 3.63) is 46.0 Å². The molecule has 0 saturated carbocycles. The fourth-order valence-corrected chi connectivity index (χ4v) is 3.74. The number of carbonyl (C=O) groups excluding carboxylic acids is 2. The van der Waals surface area contributed by atoms with Crippen LogP contribution in [0.25, 0.3) is 0 Å². The molecular weight excluding hydrogens is 392 g/mol. The van der Waals surface area contributed by atoms with E-state index in [2.05, 4.69) is 4.99 Å². The molecule has 0 aliphatic heterocycles. The second kappa shape index (κ2) is 6.80. The van der Waals surface area contributed by atoms with Crippen LogP contribution in [-0.4, -0.2) is 27.7 Å². The van der Waals surface area contributed by atoms with E-state index in [1.807, 2.05) is 0 Å². The number of alkyl halides is 2. The van der Waals surface area contributed by atoms with Crippen LogP contribution in [-0.2, 0) is 4.79 Å². The molecule has 0 radical (unpaired) electrons. The highest BCUT2D eigenvalue weighted by Gasteiger charge is 2.58. The molecule has 2 atom stereocenters. The van der Waals surface area contributed by atoms with Crippen LogP contribution in [0.15, 0.2) is 45.4 Å². The lowest BCUT2D eigenvalue weighted by Gasteiger charge is -2.43. The van der Waals surface area contributed by atoms with Gasteiger partial charge in [-0.15, -0.1) is 23.2 Å². The van der Waals surface area contributed by atoms with E-state index in [9.17, 15) is 9.59 Å². The van der Waals surface area contributed by atoms with Gasteiger partial charge in [0.05, 0.1) is 10.7 Å². The van der Waals surface area contributed by atoms with E-state index < -0.39 is 27.4 Å². The van der Waals surface area contributed by atoms with Crippen LogP contribution in [0.3, 0.4) is 0 Å². The zero-order chi connectivity index (χ0) is 18.3. The monoisotopic (exact) mass is 405 g/mol. The maximum atomic E-state index is 12.6. The Labute approximate surface area is 160 Å². The molecule has 2 rings (SSSR count). The van der Waals surface area contributed by atoms with Crippen molar-refractivity contribution >= 4 is 63.8 Å². The third kappa shape index (κ3) is 3.15. The highest BCUT2D eigenvalue weighted by atomic mass is 35.5. The highest BCUT2D eigenvalue weighted by molar-refractivity contribution is 6.65. The van der Waals surface area contributed by atoms with E-state index in [-0.39, 0.29) is 15.8 Å². The predicted octanol–water partition coefficient (Wildman–Crippen LogP) is 5.17. The number of hydrogen-bond donors (Lipinski definition) is 0. The number of benzene rings is 1. The van der Waals surface area contributed by atoms with E-state index in [0.717, 1.165) is 0 Å². The molecule has 7 heteroatoms. The van der Waals surface area contributed by atoms with Crippen LogP contribution >= 0.6 is 46.4 Å². The summed E-state index contributed by atoms with van der Waals surface area (Å²) in [5, 5.41) is -1.51. The fraction of sp³-hybridized carbons (Fsp3) is 0.353. The number of nitrogens with zero attached hydrogens (tertiary/aromatic N) is 1. The molecule has 1 amide bonds. The summed E-state index contributed by atoms with van der Waals surface area (Å²) in [6.07, 6.45) is 0. The van der Waals surface area contributed by atoms with Crippen molar-refractivity contribution in [2.75, 3.05) is 0 Å². The predicted molar refractivity (Wildman–Crippen MR) is 99.6 cm³/mol. The van der Waals surface area contributed by atoms with E-state index in [0.29, 0.717) is 5.56 Å². The first-order valence-electron chi connectivity index (χ1n) is 7.13. The summed E-state index contributed by atoms with van der Waals surface area (Å²) >= 11 is 25.2. The number of amides is 1. The van der Waals surface area contributed by atoms with Crippen LogP contribution in [0.5, 0.6) is 0 Å². The summed E-state index contributed by atoms with van der Waals surface area (Å²) in [6.45, 7) is 5.27. The zero-order valence-corrected chi connectivity index (χ0v) is 16.3. The standard InChI is InChI=1S/C17H15Cl4NO2/c1-16(2,3)17(21)13(20)12(10(18)11(19)14(17)23)22-15(24)9-7-5-4-6-8-9/h4-8,13H,1-3H3/t13-,17+/m0/s1. The molecule has 128 valence electrons. The number of halogens is 4. The Morgan fingerprint density at radius 1 is 1.12 bits per heavy atom. The molecule has 0 fully saturated rings. The Bertz CT molecular complexity index is 750. The SMILES string of the molecule is CC(C)(C)[C@]1(Cl)C(=O)C(Cl)=C(Cl)C(=NC(=O)c2ccccc2)[C@@H]1Cl. The molecule has 0 spiro atoms. The summed E-state index contributed by atoms with van der Waals surface area (Å²) in [6, 6.07) is 8.42. The van der Waals surface area contributed by atoms with Crippen molar-refractivity contribution in [1.82, 2.24) is 0 Å². The average Bonchev–Trinajstić information content (AvgIpc) is 2.54. The van der Waals surface area contributed by atoms with Crippen molar-refractivity contribution in [3.8, 4) is 0 Å². The first-order chi connectivity index (χ1) is 11.0.